The SMILES string of the molecule is CC[C@H]1O[C@@H](n2cnc3c(=O)[nH]c(NC(=O)C(C)C)nc32)[C@H](OP(C)N(C(C)C)C(C)C)[C@@H]1C. The van der Waals surface area contributed by atoms with E-state index >= 15 is 0 Å². The summed E-state index contributed by atoms with van der Waals surface area (Å²) in [5.41, 5.74) is 0.138. The van der Waals surface area contributed by atoms with Gasteiger partial charge in [0.2, 0.25) is 11.9 Å². The molecule has 0 saturated carbocycles. The minimum atomic E-state index is -0.888. The first-order chi connectivity index (χ1) is 16.0. The van der Waals surface area contributed by atoms with E-state index in [1.165, 1.54) is 0 Å². The van der Waals surface area contributed by atoms with Crippen molar-refractivity contribution < 1.29 is 14.1 Å². The molecule has 190 valence electrons. The Bertz CT molecular complexity index is 1040. The molecule has 0 aliphatic carbocycles. The molecule has 5 atom stereocenters. The third kappa shape index (κ3) is 5.35. The van der Waals surface area contributed by atoms with Gasteiger partial charge in [0.05, 0.1) is 12.4 Å². The number of hydrogen-bond acceptors (Lipinski definition) is 7. The fraction of sp³-hybridized carbons (Fsp3) is 0.739. The van der Waals surface area contributed by atoms with Gasteiger partial charge in [-0.15, -0.1) is 0 Å². The van der Waals surface area contributed by atoms with Crippen molar-refractivity contribution in [3.63, 3.8) is 0 Å². The Kier molecular flexibility index (Phi) is 8.50. The van der Waals surface area contributed by atoms with Gasteiger partial charge in [-0.25, -0.2) is 4.98 Å². The predicted octanol–water partition coefficient (Wildman–Crippen LogP) is 4.10. The maximum Gasteiger partial charge on any atom is 0.280 e. The van der Waals surface area contributed by atoms with Crippen LogP contribution < -0.4 is 10.9 Å². The summed E-state index contributed by atoms with van der Waals surface area (Å²) in [5, 5.41) is 2.67. The highest BCUT2D eigenvalue weighted by Gasteiger charge is 2.45. The van der Waals surface area contributed by atoms with Gasteiger partial charge in [0.15, 0.2) is 17.4 Å². The molecule has 2 aromatic rings. The molecule has 0 spiro atoms. The van der Waals surface area contributed by atoms with Crippen LogP contribution in [0, 0.1) is 11.8 Å². The predicted molar refractivity (Wildman–Crippen MR) is 135 cm³/mol. The first-order valence-corrected chi connectivity index (χ1v) is 13.7. The van der Waals surface area contributed by atoms with Crippen LogP contribution in [0.1, 0.15) is 68.0 Å². The van der Waals surface area contributed by atoms with Crippen molar-refractivity contribution in [2.45, 2.75) is 92.3 Å². The molecule has 0 aromatic carbocycles. The number of amides is 1. The van der Waals surface area contributed by atoms with Crippen LogP contribution in [0.4, 0.5) is 5.95 Å². The number of hydrogen-bond donors (Lipinski definition) is 2. The van der Waals surface area contributed by atoms with Gasteiger partial charge in [-0.3, -0.25) is 29.1 Å². The summed E-state index contributed by atoms with van der Waals surface area (Å²) < 4.78 is 17.3. The van der Waals surface area contributed by atoms with Crippen LogP contribution in [0.5, 0.6) is 0 Å². The van der Waals surface area contributed by atoms with Gasteiger partial charge in [0.25, 0.3) is 5.56 Å². The number of H-pyrrole nitrogens is 1. The van der Waals surface area contributed by atoms with Crippen LogP contribution in [0.3, 0.4) is 0 Å². The highest BCUT2D eigenvalue weighted by molar-refractivity contribution is 7.49. The highest BCUT2D eigenvalue weighted by Crippen LogP contribution is 2.49. The lowest BCUT2D eigenvalue weighted by Crippen LogP contribution is -2.35. The van der Waals surface area contributed by atoms with Crippen LogP contribution in [0.15, 0.2) is 11.1 Å². The summed E-state index contributed by atoms with van der Waals surface area (Å²) in [6.07, 6.45) is 1.69. The van der Waals surface area contributed by atoms with Crippen LogP contribution in [0.25, 0.3) is 11.2 Å². The number of ether oxygens (including phenoxy) is 1. The fourth-order valence-corrected chi connectivity index (χ4v) is 6.66. The van der Waals surface area contributed by atoms with Gasteiger partial charge in [-0.2, -0.15) is 4.98 Å². The molecule has 2 aromatic heterocycles. The second-order valence-corrected chi connectivity index (χ2v) is 11.4. The van der Waals surface area contributed by atoms with Crippen molar-refractivity contribution in [1.82, 2.24) is 24.2 Å². The zero-order chi connectivity index (χ0) is 25.3. The normalized spacial score (nSPS) is 24.1. The molecule has 1 aliphatic heterocycles. The number of anilines is 1. The molecule has 11 heteroatoms. The maximum atomic E-state index is 12.7. The molecular formula is C23H39N6O4P. The molecule has 2 N–H and O–H groups in total. The van der Waals surface area contributed by atoms with Crippen molar-refractivity contribution in [2.24, 2.45) is 11.8 Å². The molecule has 1 unspecified atom stereocenters. The van der Waals surface area contributed by atoms with E-state index in [1.807, 2.05) is 0 Å². The summed E-state index contributed by atoms with van der Waals surface area (Å²) in [6, 6.07) is 0.686. The fourth-order valence-electron chi connectivity index (χ4n) is 4.60. The number of rotatable bonds is 9. The van der Waals surface area contributed by atoms with E-state index in [9.17, 15) is 9.59 Å². The lowest BCUT2D eigenvalue weighted by atomic mass is 9.99. The van der Waals surface area contributed by atoms with Gasteiger partial charge in [0, 0.05) is 23.9 Å². The number of nitrogens with zero attached hydrogens (tertiary/aromatic N) is 4. The summed E-state index contributed by atoms with van der Waals surface area (Å²) in [6.45, 7) is 18.6. The average Bonchev–Trinajstić information content (AvgIpc) is 3.29. The smallest absolute Gasteiger partial charge is 0.280 e. The Labute approximate surface area is 202 Å². The topological polar surface area (TPSA) is 114 Å². The Hall–Kier alpha value is -1.87. The zero-order valence-electron chi connectivity index (χ0n) is 21.7. The standard InChI is InChI=1S/C23H39N6O4P/c1-10-16-15(8)18(33-34(9)29(13(4)5)14(6)7)22(32-16)28-11-24-17-19(28)25-23(27-21(17)31)26-20(30)12(2)3/h11-16,18,22H,10H2,1-9H3,(H2,25,26,27,30,31)/t15-,16-,18-,22-,34?/m1/s1. The van der Waals surface area contributed by atoms with E-state index < -0.39 is 20.1 Å². The Morgan fingerprint density at radius 2 is 1.94 bits per heavy atom. The molecule has 3 heterocycles. The molecular weight excluding hydrogens is 455 g/mol. The minimum absolute atomic E-state index is 0.00418. The average molecular weight is 495 g/mol. The van der Waals surface area contributed by atoms with E-state index in [0.29, 0.717) is 17.7 Å². The summed E-state index contributed by atoms with van der Waals surface area (Å²) in [5.74, 6) is -0.245. The summed E-state index contributed by atoms with van der Waals surface area (Å²) in [4.78, 5) is 36.3. The molecule has 0 radical (unpaired) electrons. The molecule has 1 fully saturated rings. The van der Waals surface area contributed by atoms with Gasteiger partial charge >= 0.3 is 0 Å². The lowest BCUT2D eigenvalue weighted by Gasteiger charge is -2.37. The lowest BCUT2D eigenvalue weighted by molar-refractivity contribution is -0.118. The molecule has 1 aliphatic rings. The van der Waals surface area contributed by atoms with Gasteiger partial charge in [0.1, 0.15) is 14.4 Å². The highest BCUT2D eigenvalue weighted by atomic mass is 31.2. The van der Waals surface area contributed by atoms with E-state index in [-0.39, 0.29) is 41.4 Å². The third-order valence-electron chi connectivity index (χ3n) is 6.23. The second kappa shape index (κ2) is 10.8. The third-order valence-corrected chi connectivity index (χ3v) is 8.36. The van der Waals surface area contributed by atoms with Crippen LogP contribution in [-0.4, -0.2) is 61.1 Å². The van der Waals surface area contributed by atoms with E-state index in [2.05, 4.69) is 73.1 Å². The van der Waals surface area contributed by atoms with Crippen molar-refractivity contribution in [1.29, 1.82) is 0 Å². The zero-order valence-corrected chi connectivity index (χ0v) is 22.6. The Balaban J connectivity index is 2.00. The van der Waals surface area contributed by atoms with Gasteiger partial charge in [-0.05, 0) is 40.8 Å². The Morgan fingerprint density at radius 3 is 2.50 bits per heavy atom. The molecule has 34 heavy (non-hydrogen) atoms. The van der Waals surface area contributed by atoms with Gasteiger partial charge < -0.3 is 9.26 Å². The number of nitrogens with one attached hydrogen (secondary N) is 2. The molecule has 1 saturated heterocycles. The molecule has 0 bridgehead atoms. The number of imidazole rings is 1. The van der Waals surface area contributed by atoms with E-state index in [4.69, 9.17) is 9.26 Å². The van der Waals surface area contributed by atoms with Crippen molar-refractivity contribution in [3.05, 3.63) is 16.7 Å². The minimum Gasteiger partial charge on any atom is -0.352 e. The van der Waals surface area contributed by atoms with Crippen molar-refractivity contribution in [3.8, 4) is 0 Å². The molecule has 1 amide bonds. The largest absolute Gasteiger partial charge is 0.352 e. The van der Waals surface area contributed by atoms with E-state index in [0.717, 1.165) is 6.42 Å². The summed E-state index contributed by atoms with van der Waals surface area (Å²) >= 11 is 0. The van der Waals surface area contributed by atoms with E-state index in [1.54, 1.807) is 24.7 Å². The first-order valence-electron chi connectivity index (χ1n) is 12.1. The summed E-state index contributed by atoms with van der Waals surface area (Å²) in [7, 11) is -0.888. The molecule has 10 nitrogen and oxygen atoms in total. The number of aromatic nitrogens is 4. The monoisotopic (exact) mass is 494 g/mol. The quantitative estimate of drug-likeness (QED) is 0.504. The van der Waals surface area contributed by atoms with Gasteiger partial charge in [-0.1, -0.05) is 27.7 Å². The number of fused-ring (bicyclic) bond motifs is 1. The Morgan fingerprint density at radius 1 is 1.29 bits per heavy atom. The first kappa shape index (κ1) is 26.7. The number of carbonyl (C=O) groups excluding carboxylic acids is 1. The number of aromatic amines is 1. The van der Waals surface area contributed by atoms with Crippen molar-refractivity contribution >= 4 is 31.3 Å². The van der Waals surface area contributed by atoms with Crippen LogP contribution in [-0.2, 0) is 14.1 Å². The van der Waals surface area contributed by atoms with Crippen molar-refractivity contribution in [2.75, 3.05) is 12.0 Å². The number of carbonyl (C=O) groups is 1. The maximum absolute atomic E-state index is 12.7. The van der Waals surface area contributed by atoms with Crippen LogP contribution in [0.2, 0.25) is 0 Å². The van der Waals surface area contributed by atoms with Crippen LogP contribution >= 0.6 is 8.30 Å². The molecule has 3 rings (SSSR count). The second-order valence-electron chi connectivity index (χ2n) is 9.82.